The van der Waals surface area contributed by atoms with Crippen molar-refractivity contribution >= 4 is 40.6 Å². The number of esters is 2. The Morgan fingerprint density at radius 1 is 1.26 bits per heavy atom. The molecule has 2 N–H and O–H groups in total. The van der Waals surface area contributed by atoms with E-state index in [0.717, 1.165) is 16.9 Å². The van der Waals surface area contributed by atoms with Crippen LogP contribution in [0, 0.1) is 0 Å². The van der Waals surface area contributed by atoms with Crippen molar-refractivity contribution in [3.8, 4) is 16.2 Å². The van der Waals surface area contributed by atoms with Gasteiger partial charge in [-0.15, -0.1) is 11.3 Å². The van der Waals surface area contributed by atoms with E-state index in [-0.39, 0.29) is 28.9 Å². The lowest BCUT2D eigenvalue weighted by Crippen LogP contribution is -2.24. The molecule has 146 valence electrons. The molecule has 27 heavy (non-hydrogen) atoms. The molecule has 1 heterocycles. The topological polar surface area (TPSA) is 87.8 Å². The van der Waals surface area contributed by atoms with Gasteiger partial charge < -0.3 is 19.9 Å². The molecule has 0 saturated heterocycles. The van der Waals surface area contributed by atoms with Crippen molar-refractivity contribution in [3.63, 3.8) is 0 Å². The van der Waals surface area contributed by atoms with Crippen molar-refractivity contribution in [1.29, 1.82) is 0 Å². The fourth-order valence-electron chi connectivity index (χ4n) is 2.18. The highest BCUT2D eigenvalue weighted by Crippen LogP contribution is 2.46. The Hall–Kier alpha value is -2.25. The van der Waals surface area contributed by atoms with Crippen molar-refractivity contribution in [1.82, 2.24) is 0 Å². The van der Waals surface area contributed by atoms with Crippen molar-refractivity contribution in [2.75, 3.05) is 18.9 Å². The van der Waals surface area contributed by atoms with Crippen LogP contribution in [-0.4, -0.2) is 30.8 Å². The SMILES string of the molecule is CCOC(=O)COc1c(C(=O)OC(C)(C)C)sc(-c2cccc(N)c2)c1Cl. The first-order valence-electron chi connectivity index (χ1n) is 8.32. The molecule has 1 aromatic heterocycles. The molecule has 2 rings (SSSR count). The monoisotopic (exact) mass is 411 g/mol. The Morgan fingerprint density at radius 3 is 2.56 bits per heavy atom. The van der Waals surface area contributed by atoms with E-state index in [1.165, 1.54) is 0 Å². The summed E-state index contributed by atoms with van der Waals surface area (Å²) in [5.41, 5.74) is 6.45. The van der Waals surface area contributed by atoms with Crippen LogP contribution in [-0.2, 0) is 14.3 Å². The second kappa shape index (κ2) is 8.63. The first kappa shape index (κ1) is 21.1. The summed E-state index contributed by atoms with van der Waals surface area (Å²) < 4.78 is 15.8. The largest absolute Gasteiger partial charge is 0.479 e. The van der Waals surface area contributed by atoms with Crippen LogP contribution in [0.3, 0.4) is 0 Å². The highest BCUT2D eigenvalue weighted by molar-refractivity contribution is 7.18. The zero-order valence-corrected chi connectivity index (χ0v) is 17.2. The van der Waals surface area contributed by atoms with E-state index < -0.39 is 17.5 Å². The summed E-state index contributed by atoms with van der Waals surface area (Å²) in [7, 11) is 0. The zero-order chi connectivity index (χ0) is 20.2. The van der Waals surface area contributed by atoms with Gasteiger partial charge in [-0.3, -0.25) is 0 Å². The number of rotatable bonds is 6. The van der Waals surface area contributed by atoms with Crippen LogP contribution in [0.15, 0.2) is 24.3 Å². The lowest BCUT2D eigenvalue weighted by atomic mass is 10.1. The summed E-state index contributed by atoms with van der Waals surface area (Å²) in [6.45, 7) is 6.84. The Balaban J connectivity index is 2.44. The molecule has 0 bridgehead atoms. The molecular formula is C19H22ClNO5S. The summed E-state index contributed by atoms with van der Waals surface area (Å²) in [4.78, 5) is 25.0. The van der Waals surface area contributed by atoms with Crippen LogP contribution >= 0.6 is 22.9 Å². The molecule has 0 amide bonds. The maximum atomic E-state index is 12.6. The molecule has 0 radical (unpaired) electrons. The lowest BCUT2D eigenvalue weighted by Gasteiger charge is -2.19. The van der Waals surface area contributed by atoms with Crippen molar-refractivity contribution in [2.45, 2.75) is 33.3 Å². The van der Waals surface area contributed by atoms with E-state index in [0.29, 0.717) is 10.6 Å². The second-order valence-corrected chi connectivity index (χ2v) is 8.02. The summed E-state index contributed by atoms with van der Waals surface area (Å²) in [5.74, 6) is -1.04. The maximum Gasteiger partial charge on any atom is 0.352 e. The molecule has 0 spiro atoms. The number of ether oxygens (including phenoxy) is 3. The average Bonchev–Trinajstić information content (AvgIpc) is 2.88. The van der Waals surface area contributed by atoms with Gasteiger partial charge in [-0.2, -0.15) is 0 Å². The molecule has 0 aliphatic carbocycles. The molecule has 0 fully saturated rings. The van der Waals surface area contributed by atoms with Gasteiger partial charge in [0.15, 0.2) is 17.2 Å². The molecular weight excluding hydrogens is 390 g/mol. The summed E-state index contributed by atoms with van der Waals surface area (Å²) in [6.07, 6.45) is 0. The van der Waals surface area contributed by atoms with Gasteiger partial charge in [0.1, 0.15) is 10.6 Å². The van der Waals surface area contributed by atoms with Crippen LogP contribution in [0.4, 0.5) is 5.69 Å². The normalized spacial score (nSPS) is 11.1. The van der Waals surface area contributed by atoms with E-state index >= 15 is 0 Å². The quantitative estimate of drug-likeness (QED) is 0.554. The minimum absolute atomic E-state index is 0.0985. The second-order valence-electron chi connectivity index (χ2n) is 6.62. The van der Waals surface area contributed by atoms with Crippen molar-refractivity contribution < 1.29 is 23.8 Å². The van der Waals surface area contributed by atoms with Gasteiger partial charge in [-0.1, -0.05) is 23.7 Å². The number of hydrogen-bond donors (Lipinski definition) is 1. The third-order valence-electron chi connectivity index (χ3n) is 3.18. The van der Waals surface area contributed by atoms with Gasteiger partial charge in [-0.05, 0) is 45.4 Å². The van der Waals surface area contributed by atoms with E-state index in [2.05, 4.69) is 0 Å². The maximum absolute atomic E-state index is 12.6. The molecule has 0 atom stereocenters. The first-order chi connectivity index (χ1) is 12.6. The molecule has 0 saturated carbocycles. The van der Waals surface area contributed by atoms with E-state index in [9.17, 15) is 9.59 Å². The van der Waals surface area contributed by atoms with Gasteiger partial charge in [0.2, 0.25) is 0 Å². The van der Waals surface area contributed by atoms with E-state index in [1.807, 2.05) is 6.07 Å². The highest BCUT2D eigenvalue weighted by atomic mass is 35.5. The average molecular weight is 412 g/mol. The van der Waals surface area contributed by atoms with E-state index in [1.54, 1.807) is 45.9 Å². The van der Waals surface area contributed by atoms with Gasteiger partial charge in [-0.25, -0.2) is 9.59 Å². The zero-order valence-electron chi connectivity index (χ0n) is 15.6. The first-order valence-corrected chi connectivity index (χ1v) is 9.51. The predicted octanol–water partition coefficient (Wildman–Crippen LogP) is 4.55. The van der Waals surface area contributed by atoms with E-state index in [4.69, 9.17) is 31.5 Å². The van der Waals surface area contributed by atoms with Crippen molar-refractivity contribution in [2.24, 2.45) is 0 Å². The predicted molar refractivity (Wildman–Crippen MR) is 106 cm³/mol. The number of nitrogens with two attached hydrogens (primary N) is 1. The van der Waals surface area contributed by atoms with Gasteiger partial charge in [0.05, 0.1) is 11.5 Å². The minimum Gasteiger partial charge on any atom is -0.479 e. The minimum atomic E-state index is -0.691. The third kappa shape index (κ3) is 5.61. The molecule has 0 aliphatic heterocycles. The standard InChI is InChI=1S/C19H22ClNO5S/c1-5-24-13(22)10-25-15-14(20)16(11-7-6-8-12(21)9-11)27-17(15)18(23)26-19(2,3)4/h6-9H,5,10,21H2,1-4H3. The number of hydrogen-bond acceptors (Lipinski definition) is 7. The number of carbonyl (C=O) groups excluding carboxylic acids is 2. The summed E-state index contributed by atoms with van der Waals surface area (Å²) in [6, 6.07) is 7.10. The molecule has 8 heteroatoms. The summed E-state index contributed by atoms with van der Waals surface area (Å²) >= 11 is 7.60. The third-order valence-corrected chi connectivity index (χ3v) is 4.85. The molecule has 1 aromatic carbocycles. The number of anilines is 1. The molecule has 2 aromatic rings. The fourth-order valence-corrected chi connectivity index (χ4v) is 3.62. The number of nitrogen functional groups attached to an aromatic ring is 1. The van der Waals surface area contributed by atoms with Gasteiger partial charge in [0.25, 0.3) is 0 Å². The van der Waals surface area contributed by atoms with Crippen LogP contribution in [0.5, 0.6) is 5.75 Å². The smallest absolute Gasteiger partial charge is 0.352 e. The summed E-state index contributed by atoms with van der Waals surface area (Å²) in [5, 5.41) is 0.218. The Bertz CT molecular complexity index is 841. The van der Waals surface area contributed by atoms with Crippen LogP contribution < -0.4 is 10.5 Å². The van der Waals surface area contributed by atoms with Crippen molar-refractivity contribution in [3.05, 3.63) is 34.2 Å². The molecule has 6 nitrogen and oxygen atoms in total. The number of carbonyl (C=O) groups is 2. The molecule has 0 aliphatic rings. The highest BCUT2D eigenvalue weighted by Gasteiger charge is 2.28. The number of benzene rings is 1. The molecule has 0 unspecified atom stereocenters. The van der Waals surface area contributed by atoms with Gasteiger partial charge >= 0.3 is 11.9 Å². The number of thiophene rings is 1. The fraction of sp³-hybridized carbons (Fsp3) is 0.368. The van der Waals surface area contributed by atoms with Crippen LogP contribution in [0.1, 0.15) is 37.4 Å². The Labute approximate surface area is 167 Å². The van der Waals surface area contributed by atoms with Gasteiger partial charge in [0, 0.05) is 5.69 Å². The lowest BCUT2D eigenvalue weighted by molar-refractivity contribution is -0.145. The Kier molecular flexibility index (Phi) is 6.73. The number of halogens is 1. The Morgan fingerprint density at radius 2 is 1.96 bits per heavy atom. The van der Waals surface area contributed by atoms with Crippen LogP contribution in [0.2, 0.25) is 5.02 Å². The van der Waals surface area contributed by atoms with Crippen LogP contribution in [0.25, 0.3) is 10.4 Å².